The van der Waals surface area contributed by atoms with Gasteiger partial charge in [0.25, 0.3) is 5.91 Å². The number of aryl methyl sites for hydroxylation is 1. The van der Waals surface area contributed by atoms with Gasteiger partial charge in [0.2, 0.25) is 10.0 Å². The van der Waals surface area contributed by atoms with E-state index in [1.54, 1.807) is 20.8 Å². The van der Waals surface area contributed by atoms with Gasteiger partial charge in [-0.05, 0) is 57.5 Å². The lowest BCUT2D eigenvalue weighted by molar-refractivity contribution is -0.151. The molecule has 0 bridgehead atoms. The predicted octanol–water partition coefficient (Wildman–Crippen LogP) is 2.40. The van der Waals surface area contributed by atoms with Crippen LogP contribution >= 0.6 is 22.9 Å². The van der Waals surface area contributed by atoms with Crippen LogP contribution < -0.4 is 10.0 Å². The highest BCUT2D eigenvalue weighted by atomic mass is 35.5. The van der Waals surface area contributed by atoms with Crippen molar-refractivity contribution in [3.05, 3.63) is 45.3 Å². The molecule has 0 saturated carbocycles. The van der Waals surface area contributed by atoms with E-state index in [1.165, 1.54) is 31.2 Å². The number of carbonyl (C=O) groups excluding carboxylic acids is 3. The molecule has 2 aromatic rings. The Morgan fingerprint density at radius 1 is 1.15 bits per heavy atom. The minimum atomic E-state index is -4.20. The molecule has 0 unspecified atom stereocenters. The van der Waals surface area contributed by atoms with Gasteiger partial charge in [-0.3, -0.25) is 9.59 Å². The molecule has 0 saturated heterocycles. The number of sulfonamides is 1. The van der Waals surface area contributed by atoms with Crippen molar-refractivity contribution in [2.24, 2.45) is 0 Å². The summed E-state index contributed by atoms with van der Waals surface area (Å²) >= 11 is 6.92. The van der Waals surface area contributed by atoms with Crippen LogP contribution in [0.5, 0.6) is 0 Å². The lowest BCUT2D eigenvalue weighted by atomic mass is 10.1. The minimum absolute atomic E-state index is 0.158. The number of anilines is 1. The molecule has 2 rings (SSSR count). The molecular formula is C21H25ClN2O8S2. The quantitative estimate of drug-likeness (QED) is 0.395. The van der Waals surface area contributed by atoms with Gasteiger partial charge in [-0.15, -0.1) is 11.3 Å². The Kier molecular flexibility index (Phi) is 9.59. The Labute approximate surface area is 206 Å². The number of nitrogens with one attached hydrogen (secondary N) is 2. The van der Waals surface area contributed by atoms with E-state index in [9.17, 15) is 27.9 Å². The highest BCUT2D eigenvalue weighted by Crippen LogP contribution is 2.33. The average molecular weight is 533 g/mol. The SMILES string of the molecule is CCOC(=O)c1c(NC(=O)COC(=O)[C@@H](NS(=O)(=O)c2ccc(Cl)cc2)[C@H](C)O)sc(C)c1C. The molecule has 0 fully saturated rings. The third-order valence-corrected chi connectivity index (χ3v) is 7.44. The van der Waals surface area contributed by atoms with Crippen LogP contribution in [0.2, 0.25) is 5.02 Å². The van der Waals surface area contributed by atoms with Crippen LogP contribution in [-0.2, 0) is 29.1 Å². The number of aliphatic hydroxyl groups is 1. The Morgan fingerprint density at radius 3 is 2.32 bits per heavy atom. The summed E-state index contributed by atoms with van der Waals surface area (Å²) in [5, 5.41) is 13.0. The van der Waals surface area contributed by atoms with Crippen molar-refractivity contribution in [3.63, 3.8) is 0 Å². The summed E-state index contributed by atoms with van der Waals surface area (Å²) in [5.74, 6) is -2.51. The van der Waals surface area contributed by atoms with Crippen LogP contribution in [0.1, 0.15) is 34.6 Å². The largest absolute Gasteiger partial charge is 0.462 e. The third-order valence-electron chi connectivity index (χ3n) is 4.61. The number of benzene rings is 1. The molecule has 1 aromatic heterocycles. The first kappa shape index (κ1) is 27.7. The molecular weight excluding hydrogens is 508 g/mol. The van der Waals surface area contributed by atoms with Crippen molar-refractivity contribution in [2.45, 2.75) is 44.7 Å². The van der Waals surface area contributed by atoms with Crippen molar-refractivity contribution < 1.29 is 37.4 Å². The second kappa shape index (κ2) is 11.8. The zero-order valence-electron chi connectivity index (χ0n) is 18.9. The summed E-state index contributed by atoms with van der Waals surface area (Å²) in [6.07, 6.45) is -1.46. The zero-order chi connectivity index (χ0) is 25.6. The lowest BCUT2D eigenvalue weighted by Crippen LogP contribution is -2.48. The van der Waals surface area contributed by atoms with Crippen molar-refractivity contribution in [1.82, 2.24) is 4.72 Å². The summed E-state index contributed by atoms with van der Waals surface area (Å²) in [7, 11) is -4.20. The first-order valence-electron chi connectivity index (χ1n) is 10.1. The van der Waals surface area contributed by atoms with E-state index in [2.05, 4.69) is 10.0 Å². The molecule has 0 radical (unpaired) electrons. The Hall–Kier alpha value is -2.51. The number of esters is 2. The molecule has 2 atom stereocenters. The van der Waals surface area contributed by atoms with E-state index in [-0.39, 0.29) is 22.1 Å². The second-order valence-corrected chi connectivity index (χ2v) is 10.5. The Balaban J connectivity index is 2.07. The number of carbonyl (C=O) groups is 3. The number of rotatable bonds is 10. The van der Waals surface area contributed by atoms with Crippen LogP contribution in [0.4, 0.5) is 5.00 Å². The molecule has 13 heteroatoms. The first-order chi connectivity index (χ1) is 15.9. The van der Waals surface area contributed by atoms with Crippen molar-refractivity contribution in [1.29, 1.82) is 0 Å². The number of hydrogen-bond acceptors (Lipinski definition) is 9. The van der Waals surface area contributed by atoms with Crippen LogP contribution in [0.3, 0.4) is 0 Å². The molecule has 1 amide bonds. The fraction of sp³-hybridized carbons (Fsp3) is 0.381. The predicted molar refractivity (Wildman–Crippen MR) is 127 cm³/mol. The van der Waals surface area contributed by atoms with E-state index in [1.807, 2.05) is 0 Å². The van der Waals surface area contributed by atoms with Gasteiger partial charge < -0.3 is 19.9 Å². The molecule has 34 heavy (non-hydrogen) atoms. The van der Waals surface area contributed by atoms with E-state index < -0.39 is 46.6 Å². The maximum atomic E-state index is 12.5. The molecule has 3 N–H and O–H groups in total. The molecule has 0 aliphatic heterocycles. The maximum Gasteiger partial charge on any atom is 0.341 e. The molecule has 1 heterocycles. The van der Waals surface area contributed by atoms with Gasteiger partial charge in [0.15, 0.2) is 6.61 Å². The van der Waals surface area contributed by atoms with Crippen molar-refractivity contribution in [2.75, 3.05) is 18.5 Å². The maximum absolute atomic E-state index is 12.5. The molecule has 0 aliphatic carbocycles. The third kappa shape index (κ3) is 7.00. The van der Waals surface area contributed by atoms with E-state index in [4.69, 9.17) is 21.1 Å². The number of amides is 1. The normalized spacial score (nSPS) is 13.1. The van der Waals surface area contributed by atoms with Crippen LogP contribution in [0.15, 0.2) is 29.2 Å². The second-order valence-electron chi connectivity index (χ2n) is 7.16. The summed E-state index contributed by atoms with van der Waals surface area (Å²) in [6, 6.07) is 3.50. The number of thiophene rings is 1. The number of halogens is 1. The fourth-order valence-corrected chi connectivity index (χ4v) is 5.19. The van der Waals surface area contributed by atoms with Crippen LogP contribution in [-0.4, -0.2) is 56.7 Å². The number of ether oxygens (including phenoxy) is 2. The molecule has 1 aromatic carbocycles. The summed E-state index contributed by atoms with van der Waals surface area (Å²) in [5.41, 5.74) is 0.864. The van der Waals surface area contributed by atoms with Crippen molar-refractivity contribution in [3.8, 4) is 0 Å². The van der Waals surface area contributed by atoms with Crippen LogP contribution in [0, 0.1) is 13.8 Å². The van der Waals surface area contributed by atoms with Gasteiger partial charge in [0, 0.05) is 9.90 Å². The average Bonchev–Trinajstić information content (AvgIpc) is 3.03. The van der Waals surface area contributed by atoms with Crippen LogP contribution in [0.25, 0.3) is 0 Å². The molecule has 0 spiro atoms. The monoisotopic (exact) mass is 532 g/mol. The number of hydrogen-bond donors (Lipinski definition) is 3. The summed E-state index contributed by atoms with van der Waals surface area (Å²) < 4.78 is 37.1. The highest BCUT2D eigenvalue weighted by Gasteiger charge is 2.31. The van der Waals surface area contributed by atoms with Gasteiger partial charge in [0.1, 0.15) is 11.0 Å². The topological polar surface area (TPSA) is 148 Å². The standard InChI is InChI=1S/C21H25ClN2O8S2/c1-5-31-20(27)17-11(2)13(4)33-19(17)23-16(26)10-32-21(28)18(12(3)25)24-34(29,30)15-8-6-14(22)7-9-15/h6-9,12,18,24-25H,5,10H2,1-4H3,(H,23,26)/t12-,18-/m0/s1. The summed E-state index contributed by atoms with van der Waals surface area (Å²) in [4.78, 5) is 37.6. The highest BCUT2D eigenvalue weighted by molar-refractivity contribution is 7.89. The Bertz CT molecular complexity index is 1160. The van der Waals surface area contributed by atoms with E-state index in [0.717, 1.165) is 16.2 Å². The van der Waals surface area contributed by atoms with Gasteiger partial charge in [-0.1, -0.05) is 11.6 Å². The van der Waals surface area contributed by atoms with Gasteiger partial charge >= 0.3 is 11.9 Å². The molecule has 186 valence electrons. The van der Waals surface area contributed by atoms with E-state index in [0.29, 0.717) is 10.6 Å². The first-order valence-corrected chi connectivity index (χ1v) is 12.7. The van der Waals surface area contributed by atoms with Gasteiger partial charge in [-0.2, -0.15) is 4.72 Å². The minimum Gasteiger partial charge on any atom is -0.462 e. The zero-order valence-corrected chi connectivity index (χ0v) is 21.3. The van der Waals surface area contributed by atoms with Gasteiger partial charge in [-0.25, -0.2) is 13.2 Å². The smallest absolute Gasteiger partial charge is 0.341 e. The van der Waals surface area contributed by atoms with Gasteiger partial charge in [0.05, 0.1) is 23.2 Å². The molecule has 0 aliphatic rings. The Morgan fingerprint density at radius 2 is 1.76 bits per heavy atom. The lowest BCUT2D eigenvalue weighted by Gasteiger charge is -2.20. The van der Waals surface area contributed by atoms with Crippen molar-refractivity contribution >= 4 is 55.8 Å². The summed E-state index contributed by atoms with van der Waals surface area (Å²) in [6.45, 7) is 5.73. The fourth-order valence-electron chi connectivity index (χ4n) is 2.75. The molecule has 10 nitrogen and oxygen atoms in total. The number of aliphatic hydroxyl groups excluding tert-OH is 1. The van der Waals surface area contributed by atoms with E-state index >= 15 is 0 Å².